The Balaban J connectivity index is 0.00000288. The van der Waals surface area contributed by atoms with Gasteiger partial charge in [-0.2, -0.15) is 0 Å². The standard InChI is InChI=1S/C16H28N4OS2.HI/c1-3-17-15(20-9-6-14(12-20)13-21-4-2)18-7-5-10-22-16-19-8-11-23-16;/h8,11,14H,3-7,9-10,12-13H2,1-2H3,(H,17,18);1H. The van der Waals surface area contributed by atoms with Crippen LogP contribution in [-0.4, -0.2) is 61.0 Å². The molecule has 1 fully saturated rings. The molecular formula is C16H29IN4OS2. The number of guanidine groups is 1. The summed E-state index contributed by atoms with van der Waals surface area (Å²) in [5.41, 5.74) is 0. The maximum Gasteiger partial charge on any atom is 0.193 e. The summed E-state index contributed by atoms with van der Waals surface area (Å²) < 4.78 is 6.71. The van der Waals surface area contributed by atoms with Gasteiger partial charge in [-0.15, -0.1) is 35.3 Å². The Morgan fingerprint density at radius 3 is 3.12 bits per heavy atom. The Morgan fingerprint density at radius 1 is 1.54 bits per heavy atom. The summed E-state index contributed by atoms with van der Waals surface area (Å²) >= 11 is 3.53. The summed E-state index contributed by atoms with van der Waals surface area (Å²) in [6.45, 7) is 9.78. The predicted octanol–water partition coefficient (Wildman–Crippen LogP) is 3.57. The predicted molar refractivity (Wildman–Crippen MR) is 115 cm³/mol. The fraction of sp³-hybridized carbons (Fsp3) is 0.750. The van der Waals surface area contributed by atoms with Gasteiger partial charge in [-0.25, -0.2) is 4.98 Å². The zero-order valence-corrected chi connectivity index (χ0v) is 18.5. The molecule has 1 aromatic heterocycles. The molecule has 8 heteroatoms. The number of likely N-dealkylation sites (tertiary alicyclic amines) is 1. The highest BCUT2D eigenvalue weighted by atomic mass is 127. The molecule has 138 valence electrons. The van der Waals surface area contributed by atoms with E-state index in [0.29, 0.717) is 5.92 Å². The van der Waals surface area contributed by atoms with E-state index in [9.17, 15) is 0 Å². The van der Waals surface area contributed by atoms with E-state index in [1.165, 1.54) is 6.42 Å². The quantitative estimate of drug-likeness (QED) is 0.191. The van der Waals surface area contributed by atoms with Crippen molar-refractivity contribution in [1.82, 2.24) is 15.2 Å². The fourth-order valence-corrected chi connectivity index (χ4v) is 4.19. The Bertz CT molecular complexity index is 459. The van der Waals surface area contributed by atoms with E-state index in [1.807, 2.05) is 23.3 Å². The Labute approximate surface area is 171 Å². The monoisotopic (exact) mass is 484 g/mol. The van der Waals surface area contributed by atoms with Crippen molar-refractivity contribution in [3.05, 3.63) is 11.6 Å². The topological polar surface area (TPSA) is 49.8 Å². The van der Waals surface area contributed by atoms with Gasteiger partial charge in [-0.1, -0.05) is 11.8 Å². The van der Waals surface area contributed by atoms with Gasteiger partial charge in [0.1, 0.15) is 4.34 Å². The van der Waals surface area contributed by atoms with Crippen LogP contribution in [0.25, 0.3) is 0 Å². The normalized spacial score (nSPS) is 17.8. The van der Waals surface area contributed by atoms with Crippen LogP contribution in [-0.2, 0) is 4.74 Å². The molecule has 1 aliphatic heterocycles. The average molecular weight is 484 g/mol. The number of halogens is 1. The molecule has 2 heterocycles. The Kier molecular flexibility index (Phi) is 12.1. The number of hydrogen-bond acceptors (Lipinski definition) is 5. The average Bonchev–Trinajstić information content (AvgIpc) is 3.23. The van der Waals surface area contributed by atoms with Crippen LogP contribution < -0.4 is 5.32 Å². The molecule has 0 amide bonds. The third-order valence-corrected chi connectivity index (χ3v) is 5.73. The second-order valence-electron chi connectivity index (χ2n) is 5.50. The molecule has 2 rings (SSSR count). The van der Waals surface area contributed by atoms with E-state index in [4.69, 9.17) is 9.73 Å². The van der Waals surface area contributed by atoms with Gasteiger partial charge in [0.05, 0.1) is 6.61 Å². The highest BCUT2D eigenvalue weighted by Crippen LogP contribution is 2.21. The van der Waals surface area contributed by atoms with Crippen molar-refractivity contribution in [2.24, 2.45) is 10.9 Å². The molecule has 24 heavy (non-hydrogen) atoms. The minimum Gasteiger partial charge on any atom is -0.381 e. The molecule has 0 bridgehead atoms. The summed E-state index contributed by atoms with van der Waals surface area (Å²) in [5.74, 6) is 2.77. The minimum absolute atomic E-state index is 0. The van der Waals surface area contributed by atoms with Gasteiger partial charge in [0.15, 0.2) is 5.96 Å². The van der Waals surface area contributed by atoms with Gasteiger partial charge in [-0.05, 0) is 26.7 Å². The first-order chi connectivity index (χ1) is 11.3. The van der Waals surface area contributed by atoms with E-state index in [1.54, 1.807) is 11.3 Å². The summed E-state index contributed by atoms with van der Waals surface area (Å²) in [6, 6.07) is 0. The summed E-state index contributed by atoms with van der Waals surface area (Å²) in [6.07, 6.45) is 4.14. The fourth-order valence-electron chi connectivity index (χ4n) is 2.56. The van der Waals surface area contributed by atoms with Crippen molar-refractivity contribution in [3.8, 4) is 0 Å². The Morgan fingerprint density at radius 2 is 2.42 bits per heavy atom. The van der Waals surface area contributed by atoms with Crippen LogP contribution in [0.3, 0.4) is 0 Å². The van der Waals surface area contributed by atoms with Gasteiger partial charge in [-0.3, -0.25) is 4.99 Å². The van der Waals surface area contributed by atoms with E-state index >= 15 is 0 Å². The van der Waals surface area contributed by atoms with Gasteiger partial charge >= 0.3 is 0 Å². The smallest absolute Gasteiger partial charge is 0.193 e. The van der Waals surface area contributed by atoms with E-state index in [-0.39, 0.29) is 24.0 Å². The highest BCUT2D eigenvalue weighted by molar-refractivity contribution is 14.0. The van der Waals surface area contributed by atoms with E-state index < -0.39 is 0 Å². The van der Waals surface area contributed by atoms with E-state index in [0.717, 1.165) is 61.9 Å². The van der Waals surface area contributed by atoms with Crippen LogP contribution >= 0.6 is 47.1 Å². The van der Waals surface area contributed by atoms with Crippen LogP contribution in [0.5, 0.6) is 0 Å². The molecule has 1 aliphatic rings. The first-order valence-corrected chi connectivity index (χ1v) is 10.3. The molecule has 0 saturated carbocycles. The lowest BCUT2D eigenvalue weighted by atomic mass is 10.1. The summed E-state index contributed by atoms with van der Waals surface area (Å²) in [7, 11) is 0. The van der Waals surface area contributed by atoms with Crippen LogP contribution in [0.2, 0.25) is 0 Å². The number of aromatic nitrogens is 1. The minimum atomic E-state index is 0. The molecule has 0 aromatic carbocycles. The maximum absolute atomic E-state index is 5.56. The number of hydrogen-bond donors (Lipinski definition) is 1. The first kappa shape index (κ1) is 22.0. The number of thioether (sulfide) groups is 1. The lowest BCUT2D eigenvalue weighted by Gasteiger charge is -2.21. The molecule has 0 radical (unpaired) electrons. The molecular weight excluding hydrogens is 455 g/mol. The van der Waals surface area contributed by atoms with Gasteiger partial charge in [0, 0.05) is 56.0 Å². The van der Waals surface area contributed by atoms with Crippen molar-refractivity contribution < 1.29 is 4.74 Å². The van der Waals surface area contributed by atoms with Gasteiger partial charge < -0.3 is 15.0 Å². The second kappa shape index (κ2) is 13.2. The van der Waals surface area contributed by atoms with Gasteiger partial charge in [0.25, 0.3) is 0 Å². The van der Waals surface area contributed by atoms with Crippen molar-refractivity contribution >= 4 is 53.0 Å². The van der Waals surface area contributed by atoms with Crippen LogP contribution in [0.15, 0.2) is 20.9 Å². The van der Waals surface area contributed by atoms with Crippen LogP contribution in [0.1, 0.15) is 26.7 Å². The SMILES string of the molecule is CCNC(=NCCCSc1nccs1)N1CCC(COCC)C1.I. The highest BCUT2D eigenvalue weighted by Gasteiger charge is 2.24. The largest absolute Gasteiger partial charge is 0.381 e. The zero-order valence-electron chi connectivity index (χ0n) is 14.6. The van der Waals surface area contributed by atoms with Crippen molar-refractivity contribution in [2.45, 2.75) is 31.0 Å². The summed E-state index contributed by atoms with van der Waals surface area (Å²) in [4.78, 5) is 11.5. The molecule has 0 spiro atoms. The van der Waals surface area contributed by atoms with Crippen LogP contribution in [0, 0.1) is 5.92 Å². The molecule has 1 unspecified atom stereocenters. The number of rotatable bonds is 9. The third kappa shape index (κ3) is 7.88. The number of nitrogens with zero attached hydrogens (tertiary/aromatic N) is 3. The summed E-state index contributed by atoms with van der Waals surface area (Å²) in [5, 5.41) is 5.45. The Hall–Kier alpha value is -0.0600. The molecule has 1 atom stereocenters. The molecule has 1 saturated heterocycles. The number of nitrogens with one attached hydrogen (secondary N) is 1. The number of thiazole rings is 1. The van der Waals surface area contributed by atoms with Crippen LogP contribution in [0.4, 0.5) is 0 Å². The lowest BCUT2D eigenvalue weighted by molar-refractivity contribution is 0.114. The second-order valence-corrected chi connectivity index (χ2v) is 7.73. The third-order valence-electron chi connectivity index (χ3n) is 3.68. The molecule has 5 nitrogen and oxygen atoms in total. The molecule has 0 aliphatic carbocycles. The number of ether oxygens (including phenoxy) is 1. The van der Waals surface area contributed by atoms with E-state index in [2.05, 4.69) is 29.0 Å². The van der Waals surface area contributed by atoms with Crippen molar-refractivity contribution in [2.75, 3.05) is 45.1 Å². The number of aliphatic imine (C=N–C) groups is 1. The lowest BCUT2D eigenvalue weighted by Crippen LogP contribution is -2.40. The zero-order chi connectivity index (χ0) is 16.3. The molecule has 1 aromatic rings. The maximum atomic E-state index is 5.56. The van der Waals surface area contributed by atoms with Crippen molar-refractivity contribution in [1.29, 1.82) is 0 Å². The van der Waals surface area contributed by atoms with Gasteiger partial charge in [0.2, 0.25) is 0 Å². The molecule has 1 N–H and O–H groups in total. The first-order valence-electron chi connectivity index (χ1n) is 8.46. The van der Waals surface area contributed by atoms with Crippen molar-refractivity contribution in [3.63, 3.8) is 0 Å².